The minimum atomic E-state index is -0.902. The van der Waals surface area contributed by atoms with Gasteiger partial charge in [0.1, 0.15) is 6.26 Å². The molecule has 0 bridgehead atoms. The van der Waals surface area contributed by atoms with Gasteiger partial charge in [-0.25, -0.2) is 4.98 Å². The van der Waals surface area contributed by atoms with Gasteiger partial charge in [-0.3, -0.25) is 9.59 Å². The Balaban J connectivity index is 1.79. The van der Waals surface area contributed by atoms with E-state index in [1.807, 2.05) is 30.3 Å². The number of aliphatic carboxylic acids is 1. The second kappa shape index (κ2) is 6.87. The predicted molar refractivity (Wildman–Crippen MR) is 86.3 cm³/mol. The van der Waals surface area contributed by atoms with Crippen LogP contribution < -0.4 is 0 Å². The molecule has 1 atom stereocenters. The molecular formula is C16H16N2O4S. The number of thioether (sulfide) groups is 1. The van der Waals surface area contributed by atoms with Gasteiger partial charge in [-0.15, -0.1) is 0 Å². The van der Waals surface area contributed by atoms with E-state index in [1.54, 1.807) is 16.7 Å². The molecule has 1 amide bonds. The lowest BCUT2D eigenvalue weighted by Gasteiger charge is -2.34. The number of hydrogen-bond acceptors (Lipinski definition) is 5. The maximum Gasteiger partial charge on any atom is 0.305 e. The van der Waals surface area contributed by atoms with Gasteiger partial charge in [-0.2, -0.15) is 11.8 Å². The van der Waals surface area contributed by atoms with Gasteiger partial charge in [0.05, 0.1) is 12.5 Å². The summed E-state index contributed by atoms with van der Waals surface area (Å²) in [4.78, 5) is 29.5. The quantitative estimate of drug-likeness (QED) is 0.925. The number of amides is 1. The van der Waals surface area contributed by atoms with Crippen molar-refractivity contribution in [2.24, 2.45) is 0 Å². The Kier molecular flexibility index (Phi) is 4.66. The molecule has 1 fully saturated rings. The molecule has 23 heavy (non-hydrogen) atoms. The lowest BCUT2D eigenvalue weighted by atomic mass is 10.2. The molecule has 3 rings (SSSR count). The lowest BCUT2D eigenvalue weighted by molar-refractivity contribution is -0.138. The first kappa shape index (κ1) is 15.6. The number of benzene rings is 1. The summed E-state index contributed by atoms with van der Waals surface area (Å²) in [5.74, 6) is 0.630. The van der Waals surface area contributed by atoms with Crippen molar-refractivity contribution < 1.29 is 19.1 Å². The fourth-order valence-electron chi connectivity index (χ4n) is 2.53. The Morgan fingerprint density at radius 3 is 2.87 bits per heavy atom. The zero-order valence-electron chi connectivity index (χ0n) is 12.3. The highest BCUT2D eigenvalue weighted by Crippen LogP contribution is 2.23. The average molecular weight is 332 g/mol. The first-order valence-corrected chi connectivity index (χ1v) is 8.42. The third-order valence-corrected chi connectivity index (χ3v) is 4.73. The number of nitrogens with zero attached hydrogens (tertiary/aromatic N) is 2. The number of carboxylic acid groups (broad SMARTS) is 1. The Bertz CT molecular complexity index is 701. The van der Waals surface area contributed by atoms with Crippen molar-refractivity contribution in [1.29, 1.82) is 0 Å². The molecule has 1 aliphatic heterocycles. The fraction of sp³-hybridized carbons (Fsp3) is 0.312. The average Bonchev–Trinajstić information content (AvgIpc) is 3.05. The number of carboxylic acids is 1. The highest BCUT2D eigenvalue weighted by atomic mass is 32.2. The standard InChI is InChI=1S/C16H16N2O4S/c19-14(20)8-12-10-23-7-6-18(12)16(21)13-9-22-15(17-13)11-4-2-1-3-5-11/h1-5,9,12H,6-8,10H2,(H,19,20). The minimum absolute atomic E-state index is 0.0534. The second-order valence-corrected chi connectivity index (χ2v) is 6.38. The van der Waals surface area contributed by atoms with E-state index in [4.69, 9.17) is 9.52 Å². The third kappa shape index (κ3) is 3.56. The van der Waals surface area contributed by atoms with Crippen LogP contribution in [-0.4, -0.2) is 51.0 Å². The topological polar surface area (TPSA) is 83.6 Å². The van der Waals surface area contributed by atoms with Gasteiger partial charge in [0.25, 0.3) is 5.91 Å². The fourth-order valence-corrected chi connectivity index (χ4v) is 3.59. The van der Waals surface area contributed by atoms with Crippen molar-refractivity contribution in [3.8, 4) is 11.5 Å². The maximum absolute atomic E-state index is 12.6. The lowest BCUT2D eigenvalue weighted by Crippen LogP contribution is -2.47. The highest BCUT2D eigenvalue weighted by molar-refractivity contribution is 7.99. The largest absolute Gasteiger partial charge is 0.481 e. The monoisotopic (exact) mass is 332 g/mol. The number of oxazole rings is 1. The van der Waals surface area contributed by atoms with Crippen molar-refractivity contribution in [2.45, 2.75) is 12.5 Å². The first-order chi connectivity index (χ1) is 11.1. The molecule has 2 heterocycles. The van der Waals surface area contributed by atoms with Crippen LogP contribution >= 0.6 is 11.8 Å². The van der Waals surface area contributed by atoms with E-state index in [-0.39, 0.29) is 24.1 Å². The van der Waals surface area contributed by atoms with Gasteiger partial charge in [0.15, 0.2) is 5.69 Å². The third-order valence-electron chi connectivity index (χ3n) is 3.64. The maximum atomic E-state index is 12.6. The van der Waals surface area contributed by atoms with Crippen molar-refractivity contribution in [3.63, 3.8) is 0 Å². The second-order valence-electron chi connectivity index (χ2n) is 5.23. The molecule has 120 valence electrons. The van der Waals surface area contributed by atoms with Crippen molar-refractivity contribution in [3.05, 3.63) is 42.3 Å². The Hall–Kier alpha value is -2.28. The normalized spacial score (nSPS) is 17.9. The molecule has 1 unspecified atom stereocenters. The SMILES string of the molecule is O=C(O)CC1CSCCN1C(=O)c1coc(-c2ccccc2)n1. The first-order valence-electron chi connectivity index (χ1n) is 7.26. The van der Waals surface area contributed by atoms with Crippen LogP contribution in [0, 0.1) is 0 Å². The molecule has 1 N–H and O–H groups in total. The van der Waals surface area contributed by atoms with Crippen LogP contribution in [0.5, 0.6) is 0 Å². The zero-order valence-corrected chi connectivity index (χ0v) is 13.2. The van der Waals surface area contributed by atoms with E-state index in [1.165, 1.54) is 6.26 Å². The highest BCUT2D eigenvalue weighted by Gasteiger charge is 2.31. The number of aromatic nitrogens is 1. The summed E-state index contributed by atoms with van der Waals surface area (Å²) in [5.41, 5.74) is 1.01. The van der Waals surface area contributed by atoms with E-state index in [0.29, 0.717) is 18.2 Å². The van der Waals surface area contributed by atoms with Gasteiger partial charge >= 0.3 is 5.97 Å². The molecule has 0 radical (unpaired) electrons. The van der Waals surface area contributed by atoms with Crippen LogP contribution in [0.15, 0.2) is 41.0 Å². The summed E-state index contributed by atoms with van der Waals surface area (Å²) in [6, 6.07) is 9.02. The van der Waals surface area contributed by atoms with Crippen LogP contribution in [0.2, 0.25) is 0 Å². The molecule has 1 saturated heterocycles. The summed E-state index contributed by atoms with van der Waals surface area (Å²) in [5, 5.41) is 9.01. The van der Waals surface area contributed by atoms with Crippen LogP contribution in [-0.2, 0) is 4.79 Å². The smallest absolute Gasteiger partial charge is 0.305 e. The van der Waals surface area contributed by atoms with Gasteiger partial charge in [-0.1, -0.05) is 18.2 Å². The summed E-state index contributed by atoms with van der Waals surface area (Å²) in [6.45, 7) is 0.523. The molecular weight excluding hydrogens is 316 g/mol. The minimum Gasteiger partial charge on any atom is -0.481 e. The molecule has 0 spiro atoms. The van der Waals surface area contributed by atoms with Gasteiger partial charge < -0.3 is 14.4 Å². The van der Waals surface area contributed by atoms with E-state index in [9.17, 15) is 9.59 Å². The number of carbonyl (C=O) groups excluding carboxylic acids is 1. The van der Waals surface area contributed by atoms with Crippen LogP contribution in [0.3, 0.4) is 0 Å². The molecule has 2 aromatic rings. The molecule has 1 aliphatic rings. The predicted octanol–water partition coefficient (Wildman–Crippen LogP) is 2.37. The Labute approximate surface area is 137 Å². The summed E-state index contributed by atoms with van der Waals surface area (Å²) in [6.07, 6.45) is 1.28. The molecule has 1 aromatic carbocycles. The van der Waals surface area contributed by atoms with Crippen molar-refractivity contribution in [2.75, 3.05) is 18.1 Å². The molecule has 0 aliphatic carbocycles. The van der Waals surface area contributed by atoms with E-state index in [2.05, 4.69) is 4.98 Å². The molecule has 7 heteroatoms. The van der Waals surface area contributed by atoms with Crippen LogP contribution in [0.4, 0.5) is 0 Å². The summed E-state index contributed by atoms with van der Waals surface area (Å²) >= 11 is 1.66. The van der Waals surface area contributed by atoms with E-state index in [0.717, 1.165) is 11.3 Å². The van der Waals surface area contributed by atoms with Gasteiger partial charge in [-0.05, 0) is 12.1 Å². The van der Waals surface area contributed by atoms with E-state index < -0.39 is 5.97 Å². The molecule has 1 aromatic heterocycles. The van der Waals surface area contributed by atoms with Crippen LogP contribution in [0.25, 0.3) is 11.5 Å². The number of hydrogen-bond donors (Lipinski definition) is 1. The molecule has 6 nitrogen and oxygen atoms in total. The van der Waals surface area contributed by atoms with Gasteiger partial charge in [0.2, 0.25) is 5.89 Å². The van der Waals surface area contributed by atoms with Gasteiger partial charge in [0, 0.05) is 23.6 Å². The Morgan fingerprint density at radius 1 is 1.35 bits per heavy atom. The van der Waals surface area contributed by atoms with Crippen molar-refractivity contribution in [1.82, 2.24) is 9.88 Å². The summed E-state index contributed by atoms with van der Waals surface area (Å²) < 4.78 is 5.40. The zero-order chi connectivity index (χ0) is 16.2. The summed E-state index contributed by atoms with van der Waals surface area (Å²) in [7, 11) is 0. The van der Waals surface area contributed by atoms with E-state index >= 15 is 0 Å². The number of rotatable bonds is 4. The molecule has 0 saturated carbocycles. The number of carbonyl (C=O) groups is 2. The van der Waals surface area contributed by atoms with Crippen molar-refractivity contribution >= 4 is 23.6 Å². The van der Waals surface area contributed by atoms with Crippen LogP contribution in [0.1, 0.15) is 16.9 Å². The Morgan fingerprint density at radius 2 is 2.13 bits per heavy atom.